The molecular weight excluding hydrogens is 487 g/mol. The summed E-state index contributed by atoms with van der Waals surface area (Å²) in [6.45, 7) is 3.24. The average Bonchev–Trinajstić information content (AvgIpc) is 3.40. The van der Waals surface area contributed by atoms with Crippen LogP contribution < -0.4 is 9.62 Å². The molecule has 0 bridgehead atoms. The summed E-state index contributed by atoms with van der Waals surface area (Å²) in [4.78, 5) is 27.0. The highest BCUT2D eigenvalue weighted by molar-refractivity contribution is 7.89. The summed E-state index contributed by atoms with van der Waals surface area (Å²) in [5, 5.41) is 0. The number of carbonyl (C=O) groups excluding carboxylic acids is 2. The van der Waals surface area contributed by atoms with Crippen LogP contribution in [-0.4, -0.2) is 27.4 Å². The summed E-state index contributed by atoms with van der Waals surface area (Å²) in [6.07, 6.45) is 1.34. The first kappa shape index (κ1) is 25.1. The number of anilines is 1. The van der Waals surface area contributed by atoms with Crippen molar-refractivity contribution in [1.29, 1.82) is 0 Å². The van der Waals surface area contributed by atoms with Gasteiger partial charge in [-0.1, -0.05) is 29.8 Å². The van der Waals surface area contributed by atoms with E-state index in [-0.39, 0.29) is 45.5 Å². The number of nitrogens with zero attached hydrogens (tertiary/aromatic N) is 1. The number of sulfonamides is 1. The Morgan fingerprint density at radius 3 is 2.44 bits per heavy atom. The minimum absolute atomic E-state index is 0.00421. The van der Waals surface area contributed by atoms with Crippen LogP contribution in [0, 0.1) is 12.7 Å². The molecule has 4 rings (SSSR count). The maximum Gasteiger partial charge on any atom is 0.340 e. The number of methoxy groups -OCH3 is 1. The van der Waals surface area contributed by atoms with Crippen molar-refractivity contribution in [1.82, 2.24) is 4.72 Å². The topological polar surface area (TPSA) is 106 Å². The summed E-state index contributed by atoms with van der Waals surface area (Å²) in [5.74, 6) is -1.53. The van der Waals surface area contributed by atoms with Gasteiger partial charge in [0.15, 0.2) is 0 Å². The molecule has 10 heteroatoms. The van der Waals surface area contributed by atoms with E-state index in [0.717, 1.165) is 10.5 Å². The van der Waals surface area contributed by atoms with E-state index in [1.807, 2.05) is 6.92 Å². The van der Waals surface area contributed by atoms with Crippen molar-refractivity contribution < 1.29 is 31.6 Å². The molecule has 0 radical (unpaired) electrons. The molecule has 2 heterocycles. The lowest BCUT2D eigenvalue weighted by Crippen LogP contribution is -2.25. The summed E-state index contributed by atoms with van der Waals surface area (Å²) >= 11 is 0. The molecule has 0 atom stereocenters. The normalized spacial score (nSPS) is 15.2. The number of esters is 1. The molecule has 0 fully saturated rings. The van der Waals surface area contributed by atoms with Crippen LogP contribution in [0.5, 0.6) is 0 Å². The number of rotatable bonds is 7. The maximum absolute atomic E-state index is 14.5. The summed E-state index contributed by atoms with van der Waals surface area (Å²) < 4.78 is 52.5. The van der Waals surface area contributed by atoms with Crippen molar-refractivity contribution in [2.45, 2.75) is 25.3 Å². The summed E-state index contributed by atoms with van der Waals surface area (Å²) in [6, 6.07) is 15.2. The van der Waals surface area contributed by atoms with E-state index in [1.165, 1.54) is 56.5 Å². The second-order valence-corrected chi connectivity index (χ2v) is 9.81. The molecule has 2 aromatic carbocycles. The third-order valence-electron chi connectivity index (χ3n) is 5.62. The SMILES string of the molecule is COC(=O)C1=C(C)N(c2ccccc2F)C(=O)/C1=C/c1ccc(CNS(=O)(=O)c2ccc(C)cc2)o1. The Hall–Kier alpha value is -4.02. The predicted molar refractivity (Wildman–Crippen MR) is 130 cm³/mol. The summed E-state index contributed by atoms with van der Waals surface area (Å²) in [5.41, 5.74) is 1.08. The highest BCUT2D eigenvalue weighted by Gasteiger charge is 2.39. The van der Waals surface area contributed by atoms with E-state index in [0.29, 0.717) is 0 Å². The molecule has 186 valence electrons. The van der Waals surface area contributed by atoms with Crippen LogP contribution in [0.25, 0.3) is 6.08 Å². The maximum atomic E-state index is 14.5. The number of hydrogen-bond acceptors (Lipinski definition) is 6. The van der Waals surface area contributed by atoms with E-state index >= 15 is 0 Å². The lowest BCUT2D eigenvalue weighted by Gasteiger charge is -2.18. The number of aryl methyl sites for hydroxylation is 1. The fraction of sp³-hybridized carbons (Fsp3) is 0.154. The Balaban J connectivity index is 1.60. The molecule has 36 heavy (non-hydrogen) atoms. The Morgan fingerprint density at radius 2 is 1.78 bits per heavy atom. The monoisotopic (exact) mass is 510 g/mol. The largest absolute Gasteiger partial charge is 0.465 e. The van der Waals surface area contributed by atoms with Crippen molar-refractivity contribution in [3.8, 4) is 0 Å². The number of ether oxygens (including phenoxy) is 1. The van der Waals surface area contributed by atoms with Gasteiger partial charge in [-0.05, 0) is 56.3 Å². The van der Waals surface area contributed by atoms with Gasteiger partial charge >= 0.3 is 5.97 Å². The van der Waals surface area contributed by atoms with Crippen LogP contribution in [0.3, 0.4) is 0 Å². The van der Waals surface area contributed by atoms with Crippen LogP contribution in [0.4, 0.5) is 10.1 Å². The molecule has 1 N–H and O–H groups in total. The van der Waals surface area contributed by atoms with Gasteiger partial charge in [-0.2, -0.15) is 0 Å². The zero-order chi connectivity index (χ0) is 26.0. The molecule has 0 unspecified atom stereocenters. The molecule has 0 saturated heterocycles. The lowest BCUT2D eigenvalue weighted by atomic mass is 10.1. The van der Waals surface area contributed by atoms with Gasteiger partial charge in [-0.15, -0.1) is 0 Å². The number of nitrogens with one attached hydrogen (secondary N) is 1. The molecule has 8 nitrogen and oxygen atoms in total. The minimum Gasteiger partial charge on any atom is -0.465 e. The summed E-state index contributed by atoms with van der Waals surface area (Å²) in [7, 11) is -2.58. The number of amides is 1. The van der Waals surface area contributed by atoms with Crippen LogP contribution >= 0.6 is 0 Å². The van der Waals surface area contributed by atoms with Crippen LogP contribution in [0.15, 0.2) is 86.8 Å². The van der Waals surface area contributed by atoms with E-state index < -0.39 is 27.7 Å². The standard InChI is InChI=1S/C26H23FN2O6S/c1-16-8-12-20(13-9-16)36(32,33)28-15-19-11-10-18(35-19)14-21-24(26(31)34-3)17(2)29(25(21)30)23-7-5-4-6-22(23)27/h4-14,28H,15H2,1-3H3/b21-14+. The van der Waals surface area contributed by atoms with E-state index in [1.54, 1.807) is 24.3 Å². The molecule has 0 spiro atoms. The fourth-order valence-electron chi connectivity index (χ4n) is 3.78. The first-order chi connectivity index (χ1) is 17.1. The number of hydrogen-bond donors (Lipinski definition) is 1. The molecule has 1 aliphatic rings. The third kappa shape index (κ3) is 4.86. The molecule has 1 amide bonds. The van der Waals surface area contributed by atoms with Gasteiger partial charge in [0.1, 0.15) is 17.3 Å². The number of carbonyl (C=O) groups is 2. The highest BCUT2D eigenvalue weighted by Crippen LogP contribution is 2.36. The van der Waals surface area contributed by atoms with Crippen LogP contribution in [0.1, 0.15) is 24.0 Å². The predicted octanol–water partition coefficient (Wildman–Crippen LogP) is 4.08. The van der Waals surface area contributed by atoms with Crippen LogP contribution in [-0.2, 0) is 30.9 Å². The molecular formula is C26H23FN2O6S. The van der Waals surface area contributed by atoms with Gasteiger partial charge < -0.3 is 9.15 Å². The van der Waals surface area contributed by atoms with Crippen molar-refractivity contribution >= 4 is 33.7 Å². The van der Waals surface area contributed by atoms with Crippen molar-refractivity contribution in [3.63, 3.8) is 0 Å². The first-order valence-electron chi connectivity index (χ1n) is 10.9. The molecule has 0 aliphatic carbocycles. The lowest BCUT2D eigenvalue weighted by molar-refractivity contribution is -0.136. The van der Waals surface area contributed by atoms with Gasteiger partial charge in [0.25, 0.3) is 5.91 Å². The van der Waals surface area contributed by atoms with E-state index in [9.17, 15) is 22.4 Å². The van der Waals surface area contributed by atoms with Crippen molar-refractivity contribution in [2.75, 3.05) is 12.0 Å². The molecule has 3 aromatic rings. The Bertz CT molecular complexity index is 1500. The number of furan rings is 1. The molecule has 1 aliphatic heterocycles. The number of para-hydroxylation sites is 1. The minimum atomic E-state index is -3.76. The molecule has 0 saturated carbocycles. The van der Waals surface area contributed by atoms with Crippen molar-refractivity contribution in [3.05, 3.63) is 100 Å². The highest BCUT2D eigenvalue weighted by atomic mass is 32.2. The van der Waals surface area contributed by atoms with Crippen LogP contribution in [0.2, 0.25) is 0 Å². The van der Waals surface area contributed by atoms with Gasteiger partial charge in [0.05, 0.1) is 35.4 Å². The zero-order valence-corrected chi connectivity index (χ0v) is 20.6. The van der Waals surface area contributed by atoms with Gasteiger partial charge in [0, 0.05) is 5.70 Å². The van der Waals surface area contributed by atoms with E-state index in [4.69, 9.17) is 9.15 Å². The number of benzene rings is 2. The number of halogens is 1. The quantitative estimate of drug-likeness (QED) is 0.379. The Labute approximate surface area is 207 Å². The Morgan fingerprint density at radius 1 is 1.08 bits per heavy atom. The second-order valence-electron chi connectivity index (χ2n) is 8.04. The second kappa shape index (κ2) is 9.92. The smallest absolute Gasteiger partial charge is 0.340 e. The molecule has 1 aromatic heterocycles. The number of allylic oxidation sites excluding steroid dienone is 1. The third-order valence-corrected chi connectivity index (χ3v) is 7.04. The average molecular weight is 511 g/mol. The zero-order valence-electron chi connectivity index (χ0n) is 19.7. The van der Waals surface area contributed by atoms with Gasteiger partial charge in [-0.3, -0.25) is 9.69 Å². The fourth-order valence-corrected chi connectivity index (χ4v) is 4.77. The van der Waals surface area contributed by atoms with E-state index in [2.05, 4.69) is 4.72 Å². The van der Waals surface area contributed by atoms with Crippen molar-refractivity contribution in [2.24, 2.45) is 0 Å². The van der Waals surface area contributed by atoms with Gasteiger partial charge in [-0.25, -0.2) is 22.3 Å². The van der Waals surface area contributed by atoms with Gasteiger partial charge in [0.2, 0.25) is 10.0 Å². The Kier molecular flexibility index (Phi) is 6.91. The first-order valence-corrected chi connectivity index (χ1v) is 12.4.